The summed E-state index contributed by atoms with van der Waals surface area (Å²) in [6, 6.07) is 4.53. The molecule has 2 aliphatic rings. The first-order chi connectivity index (χ1) is 12.1. The summed E-state index contributed by atoms with van der Waals surface area (Å²) in [7, 11) is 0. The fraction of sp³-hybridized carbons (Fsp3) is 0.611. The van der Waals surface area contributed by atoms with Crippen LogP contribution in [0.3, 0.4) is 0 Å². The first-order valence-corrected chi connectivity index (χ1v) is 9.81. The first kappa shape index (κ1) is 18.8. The third-order valence-corrected chi connectivity index (χ3v) is 5.96. The number of thiocarbonyl (C=S) groups is 1. The number of anilines is 1. The SMILES string of the molecule is Fc1ccc(NC(=S)NCC2([NH+]3CCOCC3)CCCCC2)cc1Cl. The van der Waals surface area contributed by atoms with E-state index in [1.165, 1.54) is 38.2 Å². The lowest BCUT2D eigenvalue weighted by molar-refractivity contribution is -0.960. The van der Waals surface area contributed by atoms with Crippen LogP contribution in [-0.4, -0.2) is 43.5 Å². The second kappa shape index (κ2) is 8.62. The lowest BCUT2D eigenvalue weighted by atomic mass is 9.80. The molecule has 0 atom stereocenters. The average molecular weight is 387 g/mol. The van der Waals surface area contributed by atoms with Crippen molar-refractivity contribution in [2.45, 2.75) is 37.6 Å². The van der Waals surface area contributed by atoms with Crippen LogP contribution in [0.5, 0.6) is 0 Å². The van der Waals surface area contributed by atoms with Crippen molar-refractivity contribution in [3.05, 3.63) is 29.0 Å². The minimum Gasteiger partial charge on any atom is -0.370 e. The van der Waals surface area contributed by atoms with Crippen molar-refractivity contribution in [3.63, 3.8) is 0 Å². The Morgan fingerprint density at radius 3 is 2.64 bits per heavy atom. The third-order valence-electron chi connectivity index (χ3n) is 5.42. The molecule has 1 aromatic carbocycles. The van der Waals surface area contributed by atoms with Gasteiger partial charge in [0.1, 0.15) is 24.4 Å². The molecule has 4 nitrogen and oxygen atoms in total. The van der Waals surface area contributed by atoms with Crippen LogP contribution < -0.4 is 15.5 Å². The van der Waals surface area contributed by atoms with E-state index in [2.05, 4.69) is 10.6 Å². The van der Waals surface area contributed by atoms with Crippen LogP contribution in [0.25, 0.3) is 0 Å². The number of halogens is 2. The number of quaternary nitrogens is 1. The number of hydrogen-bond acceptors (Lipinski definition) is 2. The summed E-state index contributed by atoms with van der Waals surface area (Å²) in [5, 5.41) is 7.15. The quantitative estimate of drug-likeness (QED) is 0.695. The van der Waals surface area contributed by atoms with Crippen molar-refractivity contribution in [2.75, 3.05) is 38.2 Å². The van der Waals surface area contributed by atoms with Crippen LogP contribution in [-0.2, 0) is 4.74 Å². The molecule has 0 unspecified atom stereocenters. The highest BCUT2D eigenvalue weighted by molar-refractivity contribution is 7.80. The smallest absolute Gasteiger partial charge is 0.171 e. The average Bonchev–Trinajstić information content (AvgIpc) is 2.65. The van der Waals surface area contributed by atoms with Crippen molar-refractivity contribution in [1.82, 2.24) is 5.32 Å². The highest BCUT2D eigenvalue weighted by Gasteiger charge is 2.42. The lowest BCUT2D eigenvalue weighted by Crippen LogP contribution is -3.23. The van der Waals surface area contributed by atoms with Crippen molar-refractivity contribution < 1.29 is 14.0 Å². The maximum absolute atomic E-state index is 13.3. The Morgan fingerprint density at radius 1 is 1.24 bits per heavy atom. The fourth-order valence-corrected chi connectivity index (χ4v) is 4.40. The molecular weight excluding hydrogens is 361 g/mol. The molecule has 3 N–H and O–H groups in total. The van der Waals surface area contributed by atoms with Gasteiger partial charge in [0.2, 0.25) is 0 Å². The number of morpholine rings is 1. The second-order valence-electron chi connectivity index (χ2n) is 6.99. The van der Waals surface area contributed by atoms with Gasteiger partial charge in [-0.25, -0.2) is 4.39 Å². The van der Waals surface area contributed by atoms with Gasteiger partial charge >= 0.3 is 0 Å². The number of rotatable bonds is 4. The van der Waals surface area contributed by atoms with E-state index in [0.29, 0.717) is 10.8 Å². The van der Waals surface area contributed by atoms with Crippen LogP contribution >= 0.6 is 23.8 Å². The van der Waals surface area contributed by atoms with Gasteiger partial charge in [-0.3, -0.25) is 0 Å². The Kier molecular flexibility index (Phi) is 6.49. The van der Waals surface area contributed by atoms with E-state index >= 15 is 0 Å². The largest absolute Gasteiger partial charge is 0.370 e. The molecule has 3 rings (SSSR count). The van der Waals surface area contributed by atoms with Crippen LogP contribution in [0, 0.1) is 5.82 Å². The summed E-state index contributed by atoms with van der Waals surface area (Å²) in [4.78, 5) is 1.64. The van der Waals surface area contributed by atoms with Crippen molar-refractivity contribution in [2.24, 2.45) is 0 Å². The van der Waals surface area contributed by atoms with E-state index < -0.39 is 5.82 Å². The zero-order valence-corrected chi connectivity index (χ0v) is 15.9. The second-order valence-corrected chi connectivity index (χ2v) is 7.81. The molecule has 0 aromatic heterocycles. The predicted molar refractivity (Wildman–Crippen MR) is 103 cm³/mol. The van der Waals surface area contributed by atoms with Gasteiger partial charge in [0.05, 0.1) is 24.8 Å². The maximum Gasteiger partial charge on any atom is 0.171 e. The van der Waals surface area contributed by atoms with Gasteiger partial charge in [0.25, 0.3) is 0 Å². The molecule has 1 saturated heterocycles. The van der Waals surface area contributed by atoms with Gasteiger partial charge < -0.3 is 20.3 Å². The molecule has 1 aliphatic heterocycles. The number of hydrogen-bond donors (Lipinski definition) is 3. The third kappa shape index (κ3) is 4.82. The summed E-state index contributed by atoms with van der Waals surface area (Å²) >= 11 is 11.3. The van der Waals surface area contributed by atoms with E-state index in [9.17, 15) is 4.39 Å². The van der Waals surface area contributed by atoms with Crippen LogP contribution in [0.4, 0.5) is 10.1 Å². The molecule has 0 spiro atoms. The summed E-state index contributed by atoms with van der Waals surface area (Å²) in [6.45, 7) is 4.66. The van der Waals surface area contributed by atoms with Gasteiger partial charge in [0.15, 0.2) is 5.11 Å². The molecule has 1 heterocycles. The monoisotopic (exact) mass is 386 g/mol. The van der Waals surface area contributed by atoms with Gasteiger partial charge in [-0.15, -0.1) is 0 Å². The van der Waals surface area contributed by atoms with Crippen molar-refractivity contribution >= 4 is 34.6 Å². The fourth-order valence-electron chi connectivity index (χ4n) is 4.03. The minimum absolute atomic E-state index is 0.0920. The van der Waals surface area contributed by atoms with Crippen LogP contribution in [0.15, 0.2) is 18.2 Å². The van der Waals surface area contributed by atoms with E-state index in [1.54, 1.807) is 17.0 Å². The Balaban J connectivity index is 1.60. The number of ether oxygens (including phenoxy) is 1. The molecule has 0 amide bonds. The first-order valence-electron chi connectivity index (χ1n) is 9.02. The minimum atomic E-state index is -0.428. The molecule has 0 bridgehead atoms. The Bertz CT molecular complexity index is 604. The Hall–Kier alpha value is -0.950. The van der Waals surface area contributed by atoms with Crippen molar-refractivity contribution in [3.8, 4) is 0 Å². The van der Waals surface area contributed by atoms with E-state index in [1.807, 2.05) is 0 Å². The summed E-state index contributed by atoms with van der Waals surface area (Å²) < 4.78 is 18.8. The van der Waals surface area contributed by atoms with Gasteiger partial charge in [-0.2, -0.15) is 0 Å². The van der Waals surface area contributed by atoms with E-state index in [0.717, 1.165) is 32.8 Å². The summed E-state index contributed by atoms with van der Waals surface area (Å²) in [5.74, 6) is -0.428. The number of nitrogens with one attached hydrogen (secondary N) is 3. The maximum atomic E-state index is 13.3. The Morgan fingerprint density at radius 2 is 1.96 bits per heavy atom. The normalized spacial score (nSPS) is 20.9. The highest BCUT2D eigenvalue weighted by Crippen LogP contribution is 2.25. The van der Waals surface area contributed by atoms with Gasteiger partial charge in [-0.1, -0.05) is 18.0 Å². The molecule has 7 heteroatoms. The Labute approximate surface area is 159 Å². The molecular formula is C18H26ClFN3OS+. The molecule has 25 heavy (non-hydrogen) atoms. The topological polar surface area (TPSA) is 37.7 Å². The predicted octanol–water partition coefficient (Wildman–Crippen LogP) is 2.38. The van der Waals surface area contributed by atoms with Gasteiger partial charge in [0, 0.05) is 18.5 Å². The molecule has 2 fully saturated rings. The zero-order valence-electron chi connectivity index (χ0n) is 14.4. The van der Waals surface area contributed by atoms with E-state index in [-0.39, 0.29) is 10.6 Å². The summed E-state index contributed by atoms with van der Waals surface area (Å²) in [5.41, 5.74) is 0.925. The molecule has 0 radical (unpaired) electrons. The van der Waals surface area contributed by atoms with Crippen LogP contribution in [0.1, 0.15) is 32.1 Å². The number of benzene rings is 1. The highest BCUT2D eigenvalue weighted by atomic mass is 35.5. The standard InChI is InChI=1S/C18H25ClFN3OS/c19-15-12-14(4-5-16(15)20)22-17(25)21-13-18(6-2-1-3-7-18)23-8-10-24-11-9-23/h4-5,12H,1-3,6-11,13H2,(H2,21,22,25)/p+1. The van der Waals surface area contributed by atoms with Crippen LogP contribution in [0.2, 0.25) is 5.02 Å². The van der Waals surface area contributed by atoms with Gasteiger partial charge in [-0.05, 0) is 43.3 Å². The molecule has 138 valence electrons. The lowest BCUT2D eigenvalue weighted by Gasteiger charge is -2.45. The van der Waals surface area contributed by atoms with E-state index in [4.69, 9.17) is 28.6 Å². The molecule has 1 saturated carbocycles. The molecule has 1 aromatic rings. The summed E-state index contributed by atoms with van der Waals surface area (Å²) in [6.07, 6.45) is 6.32. The van der Waals surface area contributed by atoms with Crippen molar-refractivity contribution in [1.29, 1.82) is 0 Å². The molecule has 1 aliphatic carbocycles. The zero-order chi connectivity index (χ0) is 17.7.